The van der Waals surface area contributed by atoms with E-state index < -0.39 is 17.3 Å². The minimum atomic E-state index is -4.42. The van der Waals surface area contributed by atoms with Gasteiger partial charge in [0.2, 0.25) is 0 Å². The van der Waals surface area contributed by atoms with E-state index in [0.29, 0.717) is 13.2 Å². The molecule has 0 aromatic heterocycles. The van der Waals surface area contributed by atoms with Crippen LogP contribution < -0.4 is 11.1 Å². The van der Waals surface area contributed by atoms with E-state index in [0.717, 1.165) is 18.9 Å². The molecule has 0 amide bonds. The van der Waals surface area contributed by atoms with Crippen LogP contribution >= 0.6 is 0 Å². The molecule has 1 aliphatic heterocycles. The van der Waals surface area contributed by atoms with Crippen LogP contribution in [0.5, 0.6) is 0 Å². The number of ether oxygens (including phenoxy) is 1. The van der Waals surface area contributed by atoms with Crippen molar-refractivity contribution < 1.29 is 17.9 Å². The van der Waals surface area contributed by atoms with Crippen LogP contribution in [0, 0.1) is 0 Å². The lowest BCUT2D eigenvalue weighted by atomic mass is 10.0. The van der Waals surface area contributed by atoms with Gasteiger partial charge in [-0.25, -0.2) is 0 Å². The zero-order valence-electron chi connectivity index (χ0n) is 10.7. The predicted octanol–water partition coefficient (Wildman–Crippen LogP) is 3.27. The van der Waals surface area contributed by atoms with Crippen LogP contribution in [0.4, 0.5) is 24.5 Å². The van der Waals surface area contributed by atoms with E-state index in [-0.39, 0.29) is 11.4 Å². The highest BCUT2D eigenvalue weighted by Crippen LogP contribution is 2.36. The zero-order chi connectivity index (χ0) is 14.1. The maximum Gasteiger partial charge on any atom is 0.418 e. The van der Waals surface area contributed by atoms with E-state index in [1.807, 2.05) is 6.92 Å². The van der Waals surface area contributed by atoms with Crippen LogP contribution in [-0.4, -0.2) is 18.8 Å². The Balaban J connectivity index is 2.16. The van der Waals surface area contributed by atoms with Crippen molar-refractivity contribution >= 4 is 11.4 Å². The normalized spacial score (nSPS) is 23.6. The number of nitrogens with two attached hydrogens (primary N) is 1. The summed E-state index contributed by atoms with van der Waals surface area (Å²) in [7, 11) is 0. The molecule has 1 aliphatic rings. The first-order chi connectivity index (χ1) is 8.80. The van der Waals surface area contributed by atoms with Gasteiger partial charge in [0.05, 0.1) is 11.2 Å². The Bertz CT molecular complexity index is 454. The fourth-order valence-corrected chi connectivity index (χ4v) is 2.21. The molecular formula is C13H17F3N2O. The number of benzene rings is 1. The van der Waals surface area contributed by atoms with Crippen molar-refractivity contribution in [2.24, 2.45) is 0 Å². The molecule has 1 aromatic carbocycles. The molecule has 1 fully saturated rings. The standard InChI is InChI=1S/C13H17F3N2O/c1-12(5-2-6-19-12)8-18-11-4-3-9(17)7-10(11)13(14,15)16/h3-4,7,18H,2,5-6,8,17H2,1H3. The van der Waals surface area contributed by atoms with E-state index in [1.54, 1.807) is 0 Å². The molecule has 3 N–H and O–H groups in total. The first-order valence-electron chi connectivity index (χ1n) is 6.15. The van der Waals surface area contributed by atoms with Gasteiger partial charge in [-0.3, -0.25) is 0 Å². The lowest BCUT2D eigenvalue weighted by molar-refractivity contribution is -0.136. The van der Waals surface area contributed by atoms with Crippen LogP contribution in [0.3, 0.4) is 0 Å². The number of rotatable bonds is 3. The van der Waals surface area contributed by atoms with Crippen molar-refractivity contribution in [3.63, 3.8) is 0 Å². The fourth-order valence-electron chi connectivity index (χ4n) is 2.21. The van der Waals surface area contributed by atoms with E-state index >= 15 is 0 Å². The van der Waals surface area contributed by atoms with Gasteiger partial charge in [-0.05, 0) is 38.0 Å². The Morgan fingerprint density at radius 3 is 2.74 bits per heavy atom. The molecule has 1 aromatic rings. The largest absolute Gasteiger partial charge is 0.418 e. The number of anilines is 2. The van der Waals surface area contributed by atoms with Gasteiger partial charge in [0.25, 0.3) is 0 Å². The summed E-state index contributed by atoms with van der Waals surface area (Å²) in [5.74, 6) is 0. The summed E-state index contributed by atoms with van der Waals surface area (Å²) in [6, 6.07) is 3.76. The summed E-state index contributed by atoms with van der Waals surface area (Å²) >= 11 is 0. The molecule has 2 rings (SSSR count). The van der Waals surface area contributed by atoms with Gasteiger partial charge in [-0.15, -0.1) is 0 Å². The first kappa shape index (κ1) is 14.0. The van der Waals surface area contributed by atoms with Crippen molar-refractivity contribution in [1.29, 1.82) is 0 Å². The van der Waals surface area contributed by atoms with Crippen LogP contribution in [0.25, 0.3) is 0 Å². The SMILES string of the molecule is CC1(CNc2ccc(N)cc2C(F)(F)F)CCCO1. The van der Waals surface area contributed by atoms with Gasteiger partial charge in [0.15, 0.2) is 0 Å². The van der Waals surface area contributed by atoms with Gasteiger partial charge >= 0.3 is 6.18 Å². The molecule has 1 heterocycles. The first-order valence-corrected chi connectivity index (χ1v) is 6.15. The van der Waals surface area contributed by atoms with Crippen LogP contribution in [0.2, 0.25) is 0 Å². The minimum absolute atomic E-state index is 0.0402. The van der Waals surface area contributed by atoms with E-state index in [1.165, 1.54) is 12.1 Å². The second-order valence-electron chi connectivity index (χ2n) is 5.06. The molecule has 19 heavy (non-hydrogen) atoms. The zero-order valence-corrected chi connectivity index (χ0v) is 10.7. The Morgan fingerprint density at radius 2 is 2.16 bits per heavy atom. The highest BCUT2D eigenvalue weighted by atomic mass is 19.4. The quantitative estimate of drug-likeness (QED) is 0.832. The third kappa shape index (κ3) is 3.32. The summed E-state index contributed by atoms with van der Waals surface area (Å²) in [6.45, 7) is 2.91. The molecular weight excluding hydrogens is 257 g/mol. The highest BCUT2D eigenvalue weighted by Gasteiger charge is 2.35. The number of alkyl halides is 3. The van der Waals surface area contributed by atoms with E-state index in [4.69, 9.17) is 10.5 Å². The second-order valence-corrected chi connectivity index (χ2v) is 5.06. The van der Waals surface area contributed by atoms with Gasteiger partial charge in [0, 0.05) is 24.5 Å². The molecule has 0 spiro atoms. The number of halogens is 3. The number of hydrogen-bond acceptors (Lipinski definition) is 3. The van der Waals surface area contributed by atoms with Gasteiger partial charge in [-0.1, -0.05) is 0 Å². The van der Waals surface area contributed by atoms with Crippen molar-refractivity contribution in [2.75, 3.05) is 24.2 Å². The number of nitrogens with one attached hydrogen (secondary N) is 1. The third-order valence-electron chi connectivity index (χ3n) is 3.30. The van der Waals surface area contributed by atoms with Crippen LogP contribution in [-0.2, 0) is 10.9 Å². The van der Waals surface area contributed by atoms with Gasteiger partial charge < -0.3 is 15.8 Å². The Kier molecular flexibility index (Phi) is 3.62. The molecule has 1 unspecified atom stereocenters. The van der Waals surface area contributed by atoms with Crippen molar-refractivity contribution in [3.05, 3.63) is 23.8 Å². The minimum Gasteiger partial charge on any atom is -0.399 e. The summed E-state index contributed by atoms with van der Waals surface area (Å²) < 4.78 is 44.2. The summed E-state index contributed by atoms with van der Waals surface area (Å²) in [4.78, 5) is 0. The molecule has 0 aliphatic carbocycles. The highest BCUT2D eigenvalue weighted by molar-refractivity contribution is 5.59. The second kappa shape index (κ2) is 4.92. The summed E-state index contributed by atoms with van der Waals surface area (Å²) in [6.07, 6.45) is -2.64. The average Bonchev–Trinajstić information content (AvgIpc) is 2.74. The smallest absolute Gasteiger partial charge is 0.399 e. The van der Waals surface area contributed by atoms with Crippen molar-refractivity contribution in [2.45, 2.75) is 31.5 Å². The topological polar surface area (TPSA) is 47.3 Å². The predicted molar refractivity (Wildman–Crippen MR) is 67.9 cm³/mol. The van der Waals surface area contributed by atoms with Gasteiger partial charge in [0.1, 0.15) is 0 Å². The Labute approximate surface area is 109 Å². The Hall–Kier alpha value is -1.43. The van der Waals surface area contributed by atoms with E-state index in [2.05, 4.69) is 5.32 Å². The van der Waals surface area contributed by atoms with E-state index in [9.17, 15) is 13.2 Å². The van der Waals surface area contributed by atoms with Crippen LogP contribution in [0.1, 0.15) is 25.3 Å². The molecule has 3 nitrogen and oxygen atoms in total. The lowest BCUT2D eigenvalue weighted by Gasteiger charge is -2.25. The molecule has 1 saturated heterocycles. The molecule has 0 saturated carbocycles. The number of hydrogen-bond donors (Lipinski definition) is 2. The molecule has 6 heteroatoms. The Morgan fingerprint density at radius 1 is 1.42 bits per heavy atom. The fraction of sp³-hybridized carbons (Fsp3) is 0.538. The van der Waals surface area contributed by atoms with Gasteiger partial charge in [-0.2, -0.15) is 13.2 Å². The lowest BCUT2D eigenvalue weighted by Crippen LogP contribution is -2.33. The third-order valence-corrected chi connectivity index (χ3v) is 3.30. The average molecular weight is 274 g/mol. The summed E-state index contributed by atoms with van der Waals surface area (Å²) in [5.41, 5.74) is 4.41. The van der Waals surface area contributed by atoms with Crippen molar-refractivity contribution in [1.82, 2.24) is 0 Å². The monoisotopic (exact) mass is 274 g/mol. The maximum atomic E-state index is 12.9. The molecule has 0 bridgehead atoms. The molecule has 0 radical (unpaired) electrons. The van der Waals surface area contributed by atoms with Crippen molar-refractivity contribution in [3.8, 4) is 0 Å². The number of nitrogen functional groups attached to an aromatic ring is 1. The molecule has 1 atom stereocenters. The van der Waals surface area contributed by atoms with Crippen LogP contribution in [0.15, 0.2) is 18.2 Å². The molecule has 106 valence electrons. The maximum absolute atomic E-state index is 12.9. The summed E-state index contributed by atoms with van der Waals surface area (Å²) in [5, 5.41) is 2.83.